The fourth-order valence-electron chi connectivity index (χ4n) is 2.41. The van der Waals surface area contributed by atoms with Gasteiger partial charge in [-0.2, -0.15) is 18.3 Å². The first-order valence-electron chi connectivity index (χ1n) is 7.69. The molecule has 0 spiro atoms. The minimum atomic E-state index is -4.50. The fraction of sp³-hybridized carbons (Fsp3) is 0.235. The molecule has 136 valence electrons. The van der Waals surface area contributed by atoms with E-state index < -0.39 is 11.9 Å². The number of hydrogen-bond donors (Lipinski definition) is 1. The van der Waals surface area contributed by atoms with Crippen LogP contribution in [0.15, 0.2) is 41.1 Å². The molecule has 0 unspecified atom stereocenters. The Morgan fingerprint density at radius 3 is 2.42 bits per heavy atom. The number of rotatable bonds is 4. The fourth-order valence-corrected chi connectivity index (χ4v) is 2.41. The number of carbonyl (C=O) groups is 1. The predicted molar refractivity (Wildman–Crippen MR) is 85.7 cm³/mol. The van der Waals surface area contributed by atoms with E-state index in [-0.39, 0.29) is 12.5 Å². The van der Waals surface area contributed by atoms with Gasteiger partial charge in [-0.3, -0.25) is 4.79 Å². The van der Waals surface area contributed by atoms with Crippen LogP contribution in [0.4, 0.5) is 13.2 Å². The summed E-state index contributed by atoms with van der Waals surface area (Å²) in [6.07, 6.45) is -3.28. The molecule has 0 bridgehead atoms. The maximum atomic E-state index is 12.6. The molecule has 3 rings (SSSR count). The first-order valence-corrected chi connectivity index (χ1v) is 7.69. The summed E-state index contributed by atoms with van der Waals surface area (Å²) < 4.78 is 44.0. The normalized spacial score (nSPS) is 11.6. The van der Waals surface area contributed by atoms with Crippen LogP contribution in [0.3, 0.4) is 0 Å². The van der Waals surface area contributed by atoms with E-state index in [1.165, 1.54) is 30.5 Å². The van der Waals surface area contributed by atoms with Crippen LogP contribution < -0.4 is 5.32 Å². The number of amides is 1. The third-order valence-corrected chi connectivity index (χ3v) is 3.88. The second kappa shape index (κ2) is 6.66. The molecule has 0 aliphatic carbocycles. The van der Waals surface area contributed by atoms with Crippen LogP contribution in [-0.2, 0) is 12.7 Å². The molecule has 0 aliphatic rings. The van der Waals surface area contributed by atoms with Crippen molar-refractivity contribution in [2.24, 2.45) is 0 Å². The highest BCUT2D eigenvalue weighted by Crippen LogP contribution is 2.27. The molecule has 26 heavy (non-hydrogen) atoms. The minimum Gasteiger partial charge on any atom is -0.361 e. The van der Waals surface area contributed by atoms with Crippen LogP contribution in [0, 0.1) is 13.8 Å². The summed E-state index contributed by atoms with van der Waals surface area (Å²) in [5.41, 5.74) is 1.34. The van der Waals surface area contributed by atoms with Gasteiger partial charge in [-0.15, -0.1) is 0 Å². The predicted octanol–water partition coefficient (Wildman–Crippen LogP) is 3.43. The van der Waals surface area contributed by atoms with Crippen LogP contribution in [0.5, 0.6) is 0 Å². The lowest BCUT2D eigenvalue weighted by atomic mass is 10.1. The van der Waals surface area contributed by atoms with Crippen molar-refractivity contribution in [3.8, 4) is 5.69 Å². The van der Waals surface area contributed by atoms with Gasteiger partial charge in [0.1, 0.15) is 5.76 Å². The third kappa shape index (κ3) is 3.61. The number of benzene rings is 1. The molecule has 6 nitrogen and oxygen atoms in total. The van der Waals surface area contributed by atoms with Crippen molar-refractivity contribution in [2.75, 3.05) is 0 Å². The second-order valence-corrected chi connectivity index (χ2v) is 5.68. The Morgan fingerprint density at radius 1 is 1.19 bits per heavy atom. The van der Waals surface area contributed by atoms with Gasteiger partial charge < -0.3 is 9.84 Å². The van der Waals surface area contributed by atoms with Crippen molar-refractivity contribution in [3.05, 3.63) is 64.8 Å². The van der Waals surface area contributed by atoms with Crippen LogP contribution in [0.1, 0.15) is 33.1 Å². The average Bonchev–Trinajstić information content (AvgIpc) is 3.21. The van der Waals surface area contributed by atoms with Crippen molar-refractivity contribution in [1.82, 2.24) is 20.3 Å². The van der Waals surface area contributed by atoms with Crippen molar-refractivity contribution < 1.29 is 22.5 Å². The number of nitrogens with zero attached hydrogens (tertiary/aromatic N) is 3. The lowest BCUT2D eigenvalue weighted by Gasteiger charge is -2.07. The van der Waals surface area contributed by atoms with E-state index >= 15 is 0 Å². The Morgan fingerprint density at radius 2 is 1.88 bits per heavy atom. The quantitative estimate of drug-likeness (QED) is 0.770. The van der Waals surface area contributed by atoms with Crippen LogP contribution in [0.25, 0.3) is 5.69 Å². The second-order valence-electron chi connectivity index (χ2n) is 5.68. The maximum absolute atomic E-state index is 12.6. The van der Waals surface area contributed by atoms with Crippen LogP contribution in [-0.4, -0.2) is 20.8 Å². The van der Waals surface area contributed by atoms with Crippen LogP contribution in [0.2, 0.25) is 0 Å². The summed E-state index contributed by atoms with van der Waals surface area (Å²) in [6, 6.07) is 6.99. The van der Waals surface area contributed by atoms with Gasteiger partial charge in [-0.1, -0.05) is 5.16 Å². The SMILES string of the molecule is Cc1noc(C)c1CNC(=O)c1ccc(-n2ccc(C(F)(F)F)n2)cc1. The molecule has 9 heteroatoms. The molecule has 0 saturated carbocycles. The van der Waals surface area contributed by atoms with Crippen molar-refractivity contribution >= 4 is 5.91 Å². The number of nitrogens with one attached hydrogen (secondary N) is 1. The molecule has 0 atom stereocenters. The van der Waals surface area contributed by atoms with Crippen molar-refractivity contribution in [1.29, 1.82) is 0 Å². The third-order valence-electron chi connectivity index (χ3n) is 3.88. The van der Waals surface area contributed by atoms with E-state index in [1.54, 1.807) is 13.8 Å². The topological polar surface area (TPSA) is 73.0 Å². The number of aryl methyl sites for hydroxylation is 2. The highest BCUT2D eigenvalue weighted by atomic mass is 19.4. The first-order chi connectivity index (χ1) is 12.3. The number of carbonyl (C=O) groups excluding carboxylic acids is 1. The van der Waals surface area contributed by atoms with E-state index in [9.17, 15) is 18.0 Å². The molecule has 0 radical (unpaired) electrons. The molecule has 1 aromatic carbocycles. The molecule has 1 amide bonds. The lowest BCUT2D eigenvalue weighted by molar-refractivity contribution is -0.141. The lowest BCUT2D eigenvalue weighted by Crippen LogP contribution is -2.23. The largest absolute Gasteiger partial charge is 0.435 e. The van der Waals surface area contributed by atoms with Gasteiger partial charge in [0.05, 0.1) is 11.4 Å². The Labute approximate surface area is 146 Å². The number of alkyl halides is 3. The maximum Gasteiger partial charge on any atom is 0.435 e. The number of hydrogen-bond acceptors (Lipinski definition) is 4. The van der Waals surface area contributed by atoms with E-state index in [1.807, 2.05) is 0 Å². The van der Waals surface area contributed by atoms with Gasteiger partial charge in [-0.05, 0) is 44.2 Å². The molecule has 2 aromatic heterocycles. The summed E-state index contributed by atoms with van der Waals surface area (Å²) in [5, 5.41) is 10.1. The highest BCUT2D eigenvalue weighted by Gasteiger charge is 2.33. The average molecular weight is 364 g/mol. The van der Waals surface area contributed by atoms with Crippen molar-refractivity contribution in [3.63, 3.8) is 0 Å². The molecular weight excluding hydrogens is 349 g/mol. The van der Waals surface area contributed by atoms with E-state index in [0.29, 0.717) is 22.7 Å². The highest BCUT2D eigenvalue weighted by molar-refractivity contribution is 5.94. The molecule has 3 aromatic rings. The monoisotopic (exact) mass is 364 g/mol. The zero-order valence-electron chi connectivity index (χ0n) is 14.0. The van der Waals surface area contributed by atoms with Gasteiger partial charge in [0, 0.05) is 23.9 Å². The molecule has 1 N–H and O–H groups in total. The zero-order chi connectivity index (χ0) is 18.9. The standard InChI is InChI=1S/C17H15F3N4O2/c1-10-14(11(2)26-23-10)9-21-16(25)12-3-5-13(6-4-12)24-8-7-15(22-24)17(18,19)20/h3-8H,9H2,1-2H3,(H,21,25). The Balaban J connectivity index is 1.69. The van der Waals surface area contributed by atoms with E-state index in [0.717, 1.165) is 16.3 Å². The molecule has 0 saturated heterocycles. The zero-order valence-corrected chi connectivity index (χ0v) is 14.0. The summed E-state index contributed by atoms with van der Waals surface area (Å²) in [4.78, 5) is 12.2. The summed E-state index contributed by atoms with van der Waals surface area (Å²) in [7, 11) is 0. The molecular formula is C17H15F3N4O2. The smallest absolute Gasteiger partial charge is 0.361 e. The molecule has 2 heterocycles. The Hall–Kier alpha value is -3.10. The first kappa shape index (κ1) is 17.7. The Bertz CT molecular complexity index is 907. The van der Waals surface area contributed by atoms with Gasteiger partial charge >= 0.3 is 6.18 Å². The summed E-state index contributed by atoms with van der Waals surface area (Å²) in [5.74, 6) is 0.324. The molecule has 0 fully saturated rings. The molecule has 0 aliphatic heterocycles. The number of aromatic nitrogens is 3. The minimum absolute atomic E-state index is 0.274. The van der Waals surface area contributed by atoms with Crippen molar-refractivity contribution in [2.45, 2.75) is 26.6 Å². The van der Waals surface area contributed by atoms with Gasteiger partial charge in [-0.25, -0.2) is 4.68 Å². The van der Waals surface area contributed by atoms with Gasteiger partial charge in [0.2, 0.25) is 0 Å². The van der Waals surface area contributed by atoms with E-state index in [2.05, 4.69) is 15.6 Å². The summed E-state index contributed by atoms with van der Waals surface area (Å²) >= 11 is 0. The number of halogens is 3. The van der Waals surface area contributed by atoms with Gasteiger partial charge in [0.25, 0.3) is 5.91 Å². The van der Waals surface area contributed by atoms with E-state index in [4.69, 9.17) is 4.52 Å². The van der Waals surface area contributed by atoms with Crippen LogP contribution >= 0.6 is 0 Å². The Kier molecular flexibility index (Phi) is 4.54. The summed E-state index contributed by atoms with van der Waals surface area (Å²) in [6.45, 7) is 3.82. The van der Waals surface area contributed by atoms with Gasteiger partial charge in [0.15, 0.2) is 5.69 Å².